The van der Waals surface area contributed by atoms with Gasteiger partial charge in [-0.3, -0.25) is 0 Å². The molecule has 0 fully saturated rings. The van der Waals surface area contributed by atoms with Crippen molar-refractivity contribution < 1.29 is 13.2 Å². The van der Waals surface area contributed by atoms with Crippen LogP contribution >= 0.6 is 0 Å². The molecule has 0 radical (unpaired) electrons. The minimum Gasteiger partial charge on any atom is -0.572 e. The highest BCUT2D eigenvalue weighted by atomic mass is 32.2. The zero-order valence-electron chi connectivity index (χ0n) is 11.8. The highest BCUT2D eigenvalue weighted by Gasteiger charge is 2.07. The maximum absolute atomic E-state index is 12.3. The largest absolute Gasteiger partial charge is 0.572 e. The second-order valence-electron chi connectivity index (χ2n) is 4.35. The van der Waals surface area contributed by atoms with E-state index in [9.17, 15) is 8.42 Å². The van der Waals surface area contributed by atoms with Crippen LogP contribution in [0.5, 0.6) is 5.75 Å². The predicted octanol–water partition coefficient (Wildman–Crippen LogP) is 2.42. The summed E-state index contributed by atoms with van der Waals surface area (Å²) in [5, 5.41) is 7.48. The van der Waals surface area contributed by atoms with E-state index in [1.165, 1.54) is 18.2 Å². The molecular formula is C15H16N3O3S-. The van der Waals surface area contributed by atoms with Crippen molar-refractivity contribution in [2.75, 3.05) is 13.2 Å². The minimum absolute atomic E-state index is 0.0965. The number of nitrogens with zero attached hydrogens (tertiary/aromatic N) is 1. The first kappa shape index (κ1) is 16.0. The Labute approximate surface area is 129 Å². The molecule has 22 heavy (non-hydrogen) atoms. The van der Waals surface area contributed by atoms with Crippen molar-refractivity contribution >= 4 is 21.9 Å². The third-order valence-electron chi connectivity index (χ3n) is 2.82. The number of nitrogens with two attached hydrogens (primary N) is 1. The van der Waals surface area contributed by atoms with Crippen LogP contribution in [0, 0.1) is 5.41 Å². The summed E-state index contributed by atoms with van der Waals surface area (Å²) in [7, 11) is -3.84. The van der Waals surface area contributed by atoms with Crippen molar-refractivity contribution in [3.63, 3.8) is 0 Å². The smallest absolute Gasteiger partial charge is 0.126 e. The van der Waals surface area contributed by atoms with Gasteiger partial charge in [-0.15, -0.1) is 5.69 Å². The fraction of sp³-hybridized carbons (Fsp3) is 0.133. The Hall–Kier alpha value is -2.38. The topological polar surface area (TPSA) is 107 Å². The number of nitrogens with one attached hydrogen (secondary N) is 1. The highest BCUT2D eigenvalue weighted by molar-refractivity contribution is 7.94. The van der Waals surface area contributed by atoms with E-state index in [4.69, 9.17) is 15.9 Å². The molecule has 2 rings (SSSR count). The molecule has 0 amide bonds. The SMILES string of the molecule is N=Cc1c([N-]S(=O)(=O)c2ccccc2)cccc1OCCN. The molecule has 2 aromatic rings. The second kappa shape index (κ2) is 7.06. The molecule has 0 saturated heterocycles. The van der Waals surface area contributed by atoms with E-state index in [1.54, 1.807) is 30.3 Å². The summed E-state index contributed by atoms with van der Waals surface area (Å²) in [6.45, 7) is 0.594. The first-order chi connectivity index (χ1) is 10.6. The van der Waals surface area contributed by atoms with E-state index in [2.05, 4.69) is 4.72 Å². The number of hydrogen-bond acceptors (Lipinski definition) is 5. The lowest BCUT2D eigenvalue weighted by molar-refractivity contribution is 0.328. The summed E-state index contributed by atoms with van der Waals surface area (Å²) in [4.78, 5) is 0.0965. The van der Waals surface area contributed by atoms with Crippen LogP contribution in [-0.4, -0.2) is 27.8 Å². The molecule has 0 atom stereocenters. The normalized spacial score (nSPS) is 11.0. The third kappa shape index (κ3) is 3.63. The number of hydrogen-bond donors (Lipinski definition) is 2. The van der Waals surface area contributed by atoms with Crippen molar-refractivity contribution in [1.29, 1.82) is 5.41 Å². The van der Waals surface area contributed by atoms with Gasteiger partial charge < -0.3 is 20.6 Å². The molecule has 0 aromatic heterocycles. The van der Waals surface area contributed by atoms with Gasteiger partial charge in [0.05, 0.1) is 4.90 Å². The minimum atomic E-state index is -3.84. The lowest BCUT2D eigenvalue weighted by atomic mass is 10.2. The van der Waals surface area contributed by atoms with Gasteiger partial charge in [0.1, 0.15) is 22.4 Å². The van der Waals surface area contributed by atoms with Crippen molar-refractivity contribution in [2.24, 2.45) is 5.73 Å². The Kier molecular flexibility index (Phi) is 5.13. The quantitative estimate of drug-likeness (QED) is 0.764. The van der Waals surface area contributed by atoms with Crippen LogP contribution in [0.15, 0.2) is 53.4 Å². The van der Waals surface area contributed by atoms with Gasteiger partial charge in [0.2, 0.25) is 0 Å². The lowest BCUT2D eigenvalue weighted by Gasteiger charge is -2.25. The molecule has 0 aliphatic carbocycles. The lowest BCUT2D eigenvalue weighted by Crippen LogP contribution is -2.11. The van der Waals surface area contributed by atoms with Gasteiger partial charge in [-0.1, -0.05) is 30.3 Å². The molecule has 0 saturated carbocycles. The van der Waals surface area contributed by atoms with E-state index in [0.29, 0.717) is 17.9 Å². The summed E-state index contributed by atoms with van der Waals surface area (Å²) < 4.78 is 33.8. The molecule has 116 valence electrons. The van der Waals surface area contributed by atoms with E-state index >= 15 is 0 Å². The molecule has 3 N–H and O–H groups in total. The van der Waals surface area contributed by atoms with E-state index in [0.717, 1.165) is 6.21 Å². The van der Waals surface area contributed by atoms with Crippen LogP contribution in [0.25, 0.3) is 4.72 Å². The van der Waals surface area contributed by atoms with Crippen molar-refractivity contribution in [1.82, 2.24) is 0 Å². The molecule has 0 spiro atoms. The fourth-order valence-electron chi connectivity index (χ4n) is 1.83. The average molecular weight is 318 g/mol. The van der Waals surface area contributed by atoms with Crippen LogP contribution in [0.2, 0.25) is 0 Å². The van der Waals surface area contributed by atoms with E-state index in [1.807, 2.05) is 0 Å². The summed E-state index contributed by atoms with van der Waals surface area (Å²) in [6, 6.07) is 12.7. The molecule has 2 aromatic carbocycles. The Morgan fingerprint density at radius 2 is 1.86 bits per heavy atom. The van der Waals surface area contributed by atoms with Crippen LogP contribution in [0.4, 0.5) is 5.69 Å². The van der Waals surface area contributed by atoms with Gasteiger partial charge in [-0.05, 0) is 18.2 Å². The number of sulfonamides is 1. The van der Waals surface area contributed by atoms with Gasteiger partial charge in [0, 0.05) is 18.3 Å². The maximum Gasteiger partial charge on any atom is 0.126 e. The zero-order chi connectivity index (χ0) is 16.0. The van der Waals surface area contributed by atoms with Gasteiger partial charge in [0.25, 0.3) is 0 Å². The van der Waals surface area contributed by atoms with E-state index in [-0.39, 0.29) is 17.2 Å². The maximum atomic E-state index is 12.3. The summed E-state index contributed by atoms with van der Waals surface area (Å²) >= 11 is 0. The van der Waals surface area contributed by atoms with Gasteiger partial charge >= 0.3 is 0 Å². The van der Waals surface area contributed by atoms with Crippen LogP contribution < -0.4 is 10.5 Å². The number of benzene rings is 2. The van der Waals surface area contributed by atoms with Crippen LogP contribution in [0.1, 0.15) is 5.56 Å². The standard InChI is InChI=1S/C15H16N3O3S/c16-9-10-21-15-8-4-7-14(13(15)11-17)18-22(19,20)12-5-2-1-3-6-12/h1-8,11,17H,9-10,16H2/q-1. The third-order valence-corrected chi connectivity index (χ3v) is 4.13. The van der Waals surface area contributed by atoms with Gasteiger partial charge in [0.15, 0.2) is 0 Å². The second-order valence-corrected chi connectivity index (χ2v) is 5.95. The predicted molar refractivity (Wildman–Crippen MR) is 85.5 cm³/mol. The monoisotopic (exact) mass is 318 g/mol. The zero-order valence-corrected chi connectivity index (χ0v) is 12.6. The Balaban J connectivity index is 2.35. The van der Waals surface area contributed by atoms with Gasteiger partial charge in [-0.25, -0.2) is 8.42 Å². The number of ether oxygens (including phenoxy) is 1. The van der Waals surface area contributed by atoms with E-state index < -0.39 is 10.0 Å². The first-order valence-electron chi connectivity index (χ1n) is 6.58. The fourth-order valence-corrected chi connectivity index (χ4v) is 2.85. The Bertz CT molecular complexity index is 746. The Morgan fingerprint density at radius 1 is 1.14 bits per heavy atom. The van der Waals surface area contributed by atoms with Crippen molar-refractivity contribution in [3.05, 3.63) is 58.8 Å². The molecule has 6 nitrogen and oxygen atoms in total. The molecule has 0 bridgehead atoms. The summed E-state index contributed by atoms with van der Waals surface area (Å²) in [6.07, 6.45) is 1.02. The molecule has 0 unspecified atom stereocenters. The summed E-state index contributed by atoms with van der Waals surface area (Å²) in [5.74, 6) is 0.380. The average Bonchev–Trinajstić information content (AvgIpc) is 2.53. The highest BCUT2D eigenvalue weighted by Crippen LogP contribution is 2.34. The van der Waals surface area contributed by atoms with Crippen LogP contribution in [0.3, 0.4) is 0 Å². The molecule has 0 heterocycles. The number of rotatable bonds is 7. The Morgan fingerprint density at radius 3 is 2.50 bits per heavy atom. The molecule has 7 heteroatoms. The van der Waals surface area contributed by atoms with Gasteiger partial charge in [-0.2, -0.15) is 0 Å². The first-order valence-corrected chi connectivity index (χ1v) is 8.02. The molecule has 0 aliphatic heterocycles. The molecule has 0 aliphatic rings. The van der Waals surface area contributed by atoms with Crippen LogP contribution in [-0.2, 0) is 10.0 Å². The van der Waals surface area contributed by atoms with Crippen molar-refractivity contribution in [3.8, 4) is 5.75 Å². The molecular weight excluding hydrogens is 302 g/mol. The van der Waals surface area contributed by atoms with Crippen molar-refractivity contribution in [2.45, 2.75) is 4.90 Å². The summed E-state index contributed by atoms with van der Waals surface area (Å²) in [5.41, 5.74) is 5.84.